The predicted octanol–water partition coefficient (Wildman–Crippen LogP) is 0.170. The van der Waals surface area contributed by atoms with Crippen LogP contribution in [0.2, 0.25) is 0 Å². The highest BCUT2D eigenvalue weighted by molar-refractivity contribution is 5.92. The molecule has 3 heterocycles. The number of nitrogens with one attached hydrogen (secondary N) is 2. The average Bonchev–Trinajstić information content (AvgIpc) is 3.16. The Kier molecular flexibility index (Phi) is 3.02. The second kappa shape index (κ2) is 4.99. The molecule has 3 aromatic heterocycles. The highest BCUT2D eigenvalue weighted by atomic mass is 16.6. The molecule has 108 valence electrons. The standard InChI is InChI=1S/C9H8N8O4/c1-3(18)11-9-7(15-21-17-9)5-4(12-19-13-5)6-8(10-2)16-20-14-6/h1-2H3,(H,10,16)(H,11,17,18). The van der Waals surface area contributed by atoms with Crippen molar-refractivity contribution in [2.24, 2.45) is 0 Å². The van der Waals surface area contributed by atoms with Gasteiger partial charge < -0.3 is 10.6 Å². The van der Waals surface area contributed by atoms with Gasteiger partial charge in [-0.3, -0.25) is 4.79 Å². The summed E-state index contributed by atoms with van der Waals surface area (Å²) in [6, 6.07) is 0. The van der Waals surface area contributed by atoms with E-state index < -0.39 is 0 Å². The van der Waals surface area contributed by atoms with Crippen LogP contribution in [0.15, 0.2) is 13.9 Å². The molecule has 3 rings (SSSR count). The first-order chi connectivity index (χ1) is 10.2. The molecule has 0 bridgehead atoms. The minimum absolute atomic E-state index is 0.0851. The second-order valence-corrected chi connectivity index (χ2v) is 3.82. The molecule has 0 atom stereocenters. The van der Waals surface area contributed by atoms with Crippen LogP contribution in [0, 0.1) is 0 Å². The summed E-state index contributed by atoms with van der Waals surface area (Å²) in [6.07, 6.45) is 0. The van der Waals surface area contributed by atoms with E-state index in [0.29, 0.717) is 5.82 Å². The molecule has 0 aliphatic heterocycles. The quantitative estimate of drug-likeness (QED) is 0.674. The molecule has 0 spiro atoms. The molecule has 0 aliphatic rings. The van der Waals surface area contributed by atoms with Crippen molar-refractivity contribution in [3.8, 4) is 22.8 Å². The predicted molar refractivity (Wildman–Crippen MR) is 64.7 cm³/mol. The first-order valence-electron chi connectivity index (χ1n) is 5.64. The molecule has 2 N–H and O–H groups in total. The minimum Gasteiger partial charge on any atom is -0.368 e. The zero-order valence-corrected chi connectivity index (χ0v) is 10.8. The van der Waals surface area contributed by atoms with Crippen LogP contribution in [-0.4, -0.2) is 43.9 Å². The maximum Gasteiger partial charge on any atom is 0.222 e. The van der Waals surface area contributed by atoms with Crippen LogP contribution in [0.5, 0.6) is 0 Å². The third kappa shape index (κ3) is 2.18. The topological polar surface area (TPSA) is 158 Å². The molecule has 0 radical (unpaired) electrons. The number of carbonyl (C=O) groups excluding carboxylic acids is 1. The SMILES string of the molecule is CNc1nonc1-c1nonc1-c1nonc1NC(C)=O. The Labute approximate surface area is 115 Å². The summed E-state index contributed by atoms with van der Waals surface area (Å²) in [4.78, 5) is 11.1. The summed E-state index contributed by atoms with van der Waals surface area (Å²) in [6.45, 7) is 1.32. The summed E-state index contributed by atoms with van der Waals surface area (Å²) in [5.74, 6) is 0.0790. The van der Waals surface area contributed by atoms with Crippen molar-refractivity contribution in [3.05, 3.63) is 0 Å². The molecule has 0 fully saturated rings. The van der Waals surface area contributed by atoms with E-state index in [-0.39, 0.29) is 34.5 Å². The van der Waals surface area contributed by atoms with Gasteiger partial charge in [-0.25, -0.2) is 13.9 Å². The van der Waals surface area contributed by atoms with E-state index in [1.807, 2.05) is 0 Å². The van der Waals surface area contributed by atoms with Gasteiger partial charge in [0.05, 0.1) is 0 Å². The smallest absolute Gasteiger partial charge is 0.222 e. The molecule has 0 unspecified atom stereocenters. The molecule has 0 aliphatic carbocycles. The van der Waals surface area contributed by atoms with Crippen molar-refractivity contribution in [2.45, 2.75) is 6.92 Å². The average molecular weight is 292 g/mol. The maximum absolute atomic E-state index is 11.1. The van der Waals surface area contributed by atoms with E-state index >= 15 is 0 Å². The fraction of sp³-hybridized carbons (Fsp3) is 0.222. The molecule has 3 aromatic rings. The summed E-state index contributed by atoms with van der Waals surface area (Å²) in [5, 5.41) is 27.3. The first-order valence-corrected chi connectivity index (χ1v) is 5.64. The normalized spacial score (nSPS) is 10.6. The molecular weight excluding hydrogens is 284 g/mol. The van der Waals surface area contributed by atoms with Crippen LogP contribution < -0.4 is 10.6 Å². The molecule has 21 heavy (non-hydrogen) atoms. The lowest BCUT2D eigenvalue weighted by atomic mass is 10.2. The van der Waals surface area contributed by atoms with Gasteiger partial charge in [0.15, 0.2) is 22.8 Å². The highest BCUT2D eigenvalue weighted by Gasteiger charge is 2.27. The van der Waals surface area contributed by atoms with Gasteiger partial charge in [0.2, 0.25) is 17.5 Å². The Morgan fingerprint density at radius 1 is 0.810 bits per heavy atom. The van der Waals surface area contributed by atoms with Gasteiger partial charge in [-0.05, 0) is 30.9 Å². The molecule has 12 nitrogen and oxygen atoms in total. The number of hydrogen-bond donors (Lipinski definition) is 2. The van der Waals surface area contributed by atoms with Gasteiger partial charge in [-0.15, -0.1) is 0 Å². The van der Waals surface area contributed by atoms with Gasteiger partial charge in [0, 0.05) is 14.0 Å². The third-order valence-electron chi connectivity index (χ3n) is 2.45. The number of hydrogen-bond acceptors (Lipinski definition) is 11. The molecular formula is C9H8N8O4. The minimum atomic E-state index is -0.344. The fourth-order valence-corrected chi connectivity index (χ4v) is 1.60. The Hall–Kier alpha value is -3.31. The van der Waals surface area contributed by atoms with Crippen LogP contribution in [-0.2, 0) is 4.79 Å². The summed E-state index contributed by atoms with van der Waals surface area (Å²) < 4.78 is 13.9. The molecule has 12 heteroatoms. The van der Waals surface area contributed by atoms with Crippen molar-refractivity contribution >= 4 is 17.5 Å². The van der Waals surface area contributed by atoms with Gasteiger partial charge in [0.25, 0.3) is 0 Å². The van der Waals surface area contributed by atoms with Crippen molar-refractivity contribution in [3.63, 3.8) is 0 Å². The van der Waals surface area contributed by atoms with Crippen molar-refractivity contribution < 1.29 is 18.7 Å². The molecule has 1 amide bonds. The van der Waals surface area contributed by atoms with Crippen LogP contribution in [0.4, 0.5) is 11.6 Å². The maximum atomic E-state index is 11.1. The summed E-state index contributed by atoms with van der Waals surface area (Å²) in [5.41, 5.74) is 0.798. The third-order valence-corrected chi connectivity index (χ3v) is 2.45. The van der Waals surface area contributed by atoms with Crippen LogP contribution in [0.1, 0.15) is 6.92 Å². The lowest BCUT2D eigenvalue weighted by molar-refractivity contribution is -0.114. The number of aromatic nitrogens is 6. The lowest BCUT2D eigenvalue weighted by Crippen LogP contribution is -2.07. The van der Waals surface area contributed by atoms with Crippen molar-refractivity contribution in [2.75, 3.05) is 17.7 Å². The second-order valence-electron chi connectivity index (χ2n) is 3.82. The monoisotopic (exact) mass is 292 g/mol. The Morgan fingerprint density at radius 3 is 1.86 bits per heavy atom. The van der Waals surface area contributed by atoms with Gasteiger partial charge in [-0.2, -0.15) is 0 Å². The Balaban J connectivity index is 2.08. The van der Waals surface area contributed by atoms with Gasteiger partial charge in [0.1, 0.15) is 0 Å². The van der Waals surface area contributed by atoms with E-state index in [1.165, 1.54) is 6.92 Å². The van der Waals surface area contributed by atoms with Crippen LogP contribution in [0.25, 0.3) is 22.8 Å². The zero-order chi connectivity index (χ0) is 14.8. The molecule has 0 aromatic carbocycles. The number of rotatable bonds is 4. The van der Waals surface area contributed by atoms with E-state index in [9.17, 15) is 4.79 Å². The Morgan fingerprint density at radius 2 is 1.29 bits per heavy atom. The largest absolute Gasteiger partial charge is 0.368 e. The number of anilines is 2. The summed E-state index contributed by atoms with van der Waals surface area (Å²) in [7, 11) is 1.64. The van der Waals surface area contributed by atoms with E-state index in [1.54, 1.807) is 7.05 Å². The Bertz CT molecular complexity index is 774. The fourth-order valence-electron chi connectivity index (χ4n) is 1.60. The van der Waals surface area contributed by atoms with E-state index in [0.717, 1.165) is 0 Å². The zero-order valence-electron chi connectivity index (χ0n) is 10.8. The molecule has 0 saturated heterocycles. The van der Waals surface area contributed by atoms with Crippen LogP contribution in [0.3, 0.4) is 0 Å². The van der Waals surface area contributed by atoms with Gasteiger partial charge in [-0.1, -0.05) is 0 Å². The van der Waals surface area contributed by atoms with Gasteiger partial charge >= 0.3 is 0 Å². The van der Waals surface area contributed by atoms with E-state index in [4.69, 9.17) is 4.63 Å². The highest BCUT2D eigenvalue weighted by Crippen LogP contribution is 2.33. The lowest BCUT2D eigenvalue weighted by Gasteiger charge is -1.97. The van der Waals surface area contributed by atoms with Crippen molar-refractivity contribution in [1.82, 2.24) is 30.9 Å². The number of carbonyl (C=O) groups is 1. The molecule has 0 saturated carbocycles. The summed E-state index contributed by atoms with van der Waals surface area (Å²) >= 11 is 0. The first kappa shape index (κ1) is 12.7. The van der Waals surface area contributed by atoms with E-state index in [2.05, 4.69) is 50.8 Å². The number of amides is 1. The van der Waals surface area contributed by atoms with Crippen LogP contribution >= 0.6 is 0 Å². The van der Waals surface area contributed by atoms with Crippen molar-refractivity contribution in [1.29, 1.82) is 0 Å². The number of nitrogens with zero attached hydrogens (tertiary/aromatic N) is 6.